The fourth-order valence-electron chi connectivity index (χ4n) is 1.71. The van der Waals surface area contributed by atoms with Crippen molar-refractivity contribution in [3.63, 3.8) is 0 Å². The van der Waals surface area contributed by atoms with Gasteiger partial charge in [0.05, 0.1) is 12.7 Å². The van der Waals surface area contributed by atoms with Gasteiger partial charge in [0.25, 0.3) is 0 Å². The maximum atomic E-state index is 11.3. The van der Waals surface area contributed by atoms with Gasteiger partial charge >= 0.3 is 0 Å². The molecule has 1 aromatic heterocycles. The van der Waals surface area contributed by atoms with Crippen molar-refractivity contribution in [1.29, 1.82) is 0 Å². The van der Waals surface area contributed by atoms with E-state index in [1.807, 2.05) is 30.3 Å². The Morgan fingerprint density at radius 3 is 2.74 bits per heavy atom. The fraction of sp³-hybridized carbons (Fsp3) is 0.214. The number of aromatic amines is 1. The smallest absolute Gasteiger partial charge is 0.248 e. The highest BCUT2D eigenvalue weighted by Crippen LogP contribution is 2.19. The molecule has 0 fully saturated rings. The summed E-state index contributed by atoms with van der Waals surface area (Å²) in [5.41, 5.74) is 2.28. The summed E-state index contributed by atoms with van der Waals surface area (Å²) in [6.07, 6.45) is -0.791. The maximum absolute atomic E-state index is 11.3. The van der Waals surface area contributed by atoms with Gasteiger partial charge in [0, 0.05) is 29.6 Å². The van der Waals surface area contributed by atoms with Gasteiger partial charge in [-0.25, -0.2) is 0 Å². The molecule has 1 unspecified atom stereocenters. The Labute approximate surface area is 110 Å². The monoisotopic (exact) mass is 260 g/mol. The van der Waals surface area contributed by atoms with Crippen LogP contribution in [0.25, 0.3) is 11.3 Å². The van der Waals surface area contributed by atoms with Crippen LogP contribution in [0.15, 0.2) is 47.3 Å². The van der Waals surface area contributed by atoms with Gasteiger partial charge in [-0.15, -0.1) is 0 Å². The van der Waals surface area contributed by atoms with Crippen LogP contribution in [0.1, 0.15) is 0 Å². The first-order chi connectivity index (χ1) is 9.19. The van der Waals surface area contributed by atoms with E-state index in [2.05, 4.69) is 10.3 Å². The topological polar surface area (TPSA) is 85.3 Å². The van der Waals surface area contributed by atoms with Crippen LogP contribution < -0.4 is 10.9 Å². The molecule has 1 atom stereocenters. The molecule has 2 rings (SSSR count). The first-order valence-electron chi connectivity index (χ1n) is 6.01. The van der Waals surface area contributed by atoms with Crippen LogP contribution in [-0.2, 0) is 0 Å². The molecule has 4 N–H and O–H groups in total. The zero-order chi connectivity index (χ0) is 13.7. The largest absolute Gasteiger partial charge is 0.394 e. The Morgan fingerprint density at radius 1 is 1.21 bits per heavy atom. The van der Waals surface area contributed by atoms with Gasteiger partial charge in [0.2, 0.25) is 5.56 Å². The molecule has 0 spiro atoms. The zero-order valence-corrected chi connectivity index (χ0v) is 10.3. The molecular formula is C14H16N2O3. The third kappa shape index (κ3) is 3.67. The van der Waals surface area contributed by atoms with Crippen molar-refractivity contribution in [2.45, 2.75) is 6.10 Å². The van der Waals surface area contributed by atoms with E-state index < -0.39 is 6.10 Å². The Balaban J connectivity index is 2.17. The number of rotatable bonds is 5. The molecular weight excluding hydrogens is 244 g/mol. The number of aliphatic hydroxyl groups is 2. The highest BCUT2D eigenvalue weighted by molar-refractivity contribution is 5.64. The van der Waals surface area contributed by atoms with Crippen molar-refractivity contribution in [1.82, 2.24) is 4.98 Å². The second-order valence-electron chi connectivity index (χ2n) is 4.23. The number of benzene rings is 1. The number of nitrogens with one attached hydrogen (secondary N) is 2. The number of H-pyrrole nitrogens is 1. The van der Waals surface area contributed by atoms with E-state index in [-0.39, 0.29) is 18.7 Å². The normalized spacial score (nSPS) is 12.1. The number of anilines is 1. The molecule has 2 aromatic rings. The minimum Gasteiger partial charge on any atom is -0.394 e. The summed E-state index contributed by atoms with van der Waals surface area (Å²) in [6, 6.07) is 12.5. The number of pyridine rings is 1. The van der Waals surface area contributed by atoms with E-state index >= 15 is 0 Å². The van der Waals surface area contributed by atoms with Crippen LogP contribution in [0.2, 0.25) is 0 Å². The van der Waals surface area contributed by atoms with E-state index in [0.29, 0.717) is 0 Å². The third-order valence-electron chi connectivity index (χ3n) is 2.69. The van der Waals surface area contributed by atoms with Gasteiger partial charge in [-0.2, -0.15) is 0 Å². The van der Waals surface area contributed by atoms with E-state index in [4.69, 9.17) is 5.11 Å². The number of hydrogen-bond donors (Lipinski definition) is 4. The summed E-state index contributed by atoms with van der Waals surface area (Å²) in [4.78, 5) is 14.0. The Kier molecular flexibility index (Phi) is 4.33. The SMILES string of the molecule is O=c1cccc(-c2cccc(NCC(O)CO)c2)[nH]1. The summed E-state index contributed by atoms with van der Waals surface area (Å²) in [5.74, 6) is 0. The molecule has 0 aliphatic heterocycles. The van der Waals surface area contributed by atoms with Crippen LogP contribution in [0, 0.1) is 0 Å². The second kappa shape index (κ2) is 6.17. The van der Waals surface area contributed by atoms with Crippen LogP contribution >= 0.6 is 0 Å². The standard InChI is InChI=1S/C14H16N2O3/c17-9-12(18)8-15-11-4-1-3-10(7-11)13-5-2-6-14(19)16-13/h1-7,12,15,17-18H,8-9H2,(H,16,19). The molecule has 1 heterocycles. The van der Waals surface area contributed by atoms with E-state index in [0.717, 1.165) is 16.9 Å². The van der Waals surface area contributed by atoms with Gasteiger partial charge in [-0.05, 0) is 18.2 Å². The average Bonchev–Trinajstić information content (AvgIpc) is 2.45. The fourth-order valence-corrected chi connectivity index (χ4v) is 1.71. The van der Waals surface area contributed by atoms with E-state index in [9.17, 15) is 9.90 Å². The van der Waals surface area contributed by atoms with Crippen molar-refractivity contribution >= 4 is 5.69 Å². The first-order valence-corrected chi connectivity index (χ1v) is 6.01. The van der Waals surface area contributed by atoms with Crippen LogP contribution in [0.5, 0.6) is 0 Å². The average molecular weight is 260 g/mol. The molecule has 0 aliphatic rings. The van der Waals surface area contributed by atoms with Crippen molar-refractivity contribution in [3.8, 4) is 11.3 Å². The molecule has 0 radical (unpaired) electrons. The Morgan fingerprint density at radius 2 is 2.00 bits per heavy atom. The van der Waals surface area contributed by atoms with Gasteiger partial charge in [-0.3, -0.25) is 4.79 Å². The lowest BCUT2D eigenvalue weighted by Crippen LogP contribution is -2.22. The van der Waals surface area contributed by atoms with Crippen LogP contribution in [0.3, 0.4) is 0 Å². The molecule has 0 saturated heterocycles. The Bertz CT molecular complexity index is 595. The lowest BCUT2D eigenvalue weighted by atomic mass is 10.1. The molecule has 5 heteroatoms. The first kappa shape index (κ1) is 13.3. The molecule has 19 heavy (non-hydrogen) atoms. The van der Waals surface area contributed by atoms with Gasteiger partial charge in [-0.1, -0.05) is 18.2 Å². The quantitative estimate of drug-likeness (QED) is 0.641. The summed E-state index contributed by atoms with van der Waals surface area (Å²) >= 11 is 0. The lowest BCUT2D eigenvalue weighted by Gasteiger charge is -2.11. The number of hydrogen-bond acceptors (Lipinski definition) is 4. The summed E-state index contributed by atoms with van der Waals surface area (Å²) in [7, 11) is 0. The van der Waals surface area contributed by atoms with Gasteiger partial charge in [0.15, 0.2) is 0 Å². The predicted octanol–water partition coefficient (Wildman–Crippen LogP) is 0.807. The lowest BCUT2D eigenvalue weighted by molar-refractivity contribution is 0.105. The van der Waals surface area contributed by atoms with Crippen LogP contribution in [0.4, 0.5) is 5.69 Å². The summed E-state index contributed by atoms with van der Waals surface area (Å²) < 4.78 is 0. The molecule has 0 bridgehead atoms. The minimum absolute atomic E-state index is 0.147. The highest BCUT2D eigenvalue weighted by Gasteiger charge is 2.03. The second-order valence-corrected chi connectivity index (χ2v) is 4.23. The predicted molar refractivity (Wildman–Crippen MR) is 74.1 cm³/mol. The highest BCUT2D eigenvalue weighted by atomic mass is 16.3. The van der Waals surface area contributed by atoms with Crippen molar-refractivity contribution in [2.75, 3.05) is 18.5 Å². The zero-order valence-electron chi connectivity index (χ0n) is 10.3. The summed E-state index contributed by atoms with van der Waals surface area (Å²) in [6.45, 7) is -0.00996. The van der Waals surface area contributed by atoms with Crippen molar-refractivity contribution < 1.29 is 10.2 Å². The molecule has 1 aromatic carbocycles. The van der Waals surface area contributed by atoms with Gasteiger partial charge in [0.1, 0.15) is 0 Å². The van der Waals surface area contributed by atoms with E-state index in [1.54, 1.807) is 6.07 Å². The number of aliphatic hydroxyl groups excluding tert-OH is 2. The molecule has 0 saturated carbocycles. The molecule has 100 valence electrons. The van der Waals surface area contributed by atoms with Crippen molar-refractivity contribution in [2.24, 2.45) is 0 Å². The maximum Gasteiger partial charge on any atom is 0.248 e. The van der Waals surface area contributed by atoms with Crippen LogP contribution in [-0.4, -0.2) is 34.5 Å². The minimum atomic E-state index is -0.791. The van der Waals surface area contributed by atoms with E-state index in [1.165, 1.54) is 6.07 Å². The summed E-state index contributed by atoms with van der Waals surface area (Å²) in [5, 5.41) is 21.0. The molecule has 5 nitrogen and oxygen atoms in total. The van der Waals surface area contributed by atoms with Crippen molar-refractivity contribution in [3.05, 3.63) is 52.8 Å². The Hall–Kier alpha value is -2.11. The number of aromatic nitrogens is 1. The molecule has 0 amide bonds. The van der Waals surface area contributed by atoms with Gasteiger partial charge < -0.3 is 20.5 Å². The molecule has 0 aliphatic carbocycles. The third-order valence-corrected chi connectivity index (χ3v) is 2.69.